The number of aromatic amines is 2. The molecule has 0 radical (unpaired) electrons. The second-order valence-corrected chi connectivity index (χ2v) is 5.62. The van der Waals surface area contributed by atoms with Gasteiger partial charge in [0, 0.05) is 21.6 Å². The molecule has 0 amide bonds. The van der Waals surface area contributed by atoms with E-state index >= 15 is 0 Å². The maximum Gasteiger partial charge on any atom is 0.292 e. The van der Waals surface area contributed by atoms with E-state index in [0.717, 1.165) is 10.0 Å². The van der Waals surface area contributed by atoms with E-state index in [9.17, 15) is 4.79 Å². The van der Waals surface area contributed by atoms with E-state index < -0.39 is 0 Å². The summed E-state index contributed by atoms with van der Waals surface area (Å²) < 4.78 is 0.917. The second-order valence-electron chi connectivity index (χ2n) is 3.83. The zero-order valence-electron chi connectivity index (χ0n) is 10.0. The summed E-state index contributed by atoms with van der Waals surface area (Å²) in [6, 6.07) is 7.56. The number of nitrogens with one attached hydrogen (secondary N) is 2. The number of nitrogens with zero attached hydrogens (tertiary/aromatic N) is 3. The summed E-state index contributed by atoms with van der Waals surface area (Å²) >= 11 is 4.75. The van der Waals surface area contributed by atoms with Crippen LogP contribution in [0.2, 0.25) is 0 Å². The molecule has 0 saturated heterocycles. The predicted octanol–water partition coefficient (Wildman–Crippen LogP) is 4.00. The number of hydrogen-bond donors (Lipinski definition) is 2. The fraction of sp³-hybridized carbons (Fsp3) is 0. The van der Waals surface area contributed by atoms with Gasteiger partial charge in [0.05, 0.1) is 5.69 Å². The Hall–Kier alpha value is -2.06. The number of thiazole rings is 1. The Balaban J connectivity index is 2.04. The molecule has 6 nitrogen and oxygen atoms in total. The van der Waals surface area contributed by atoms with Crippen LogP contribution in [-0.4, -0.2) is 15.2 Å². The first-order chi connectivity index (χ1) is 9.74. The van der Waals surface area contributed by atoms with Gasteiger partial charge in [-0.1, -0.05) is 28.1 Å². The average molecular weight is 350 g/mol. The fourth-order valence-corrected chi connectivity index (χ4v) is 2.51. The Kier molecular flexibility index (Phi) is 3.57. The average Bonchev–Trinajstić information content (AvgIpc) is 3.06. The SMILES string of the molecule is O=c1[nH][nH]c(-c2cccc(Br)c2)c1N=Nc1nccs1. The lowest BCUT2D eigenvalue weighted by Crippen LogP contribution is -1.96. The van der Waals surface area contributed by atoms with E-state index in [-0.39, 0.29) is 11.2 Å². The van der Waals surface area contributed by atoms with Crippen LogP contribution in [0, 0.1) is 0 Å². The van der Waals surface area contributed by atoms with Crippen molar-refractivity contribution in [3.8, 4) is 11.3 Å². The number of aromatic nitrogens is 3. The third-order valence-electron chi connectivity index (χ3n) is 2.52. The van der Waals surface area contributed by atoms with Crippen LogP contribution in [0.4, 0.5) is 10.8 Å². The van der Waals surface area contributed by atoms with Crippen molar-refractivity contribution in [3.05, 3.63) is 50.7 Å². The molecule has 0 unspecified atom stereocenters. The molecule has 0 spiro atoms. The minimum Gasteiger partial charge on any atom is -0.295 e. The molecule has 0 atom stereocenters. The second kappa shape index (κ2) is 5.51. The van der Waals surface area contributed by atoms with Crippen molar-refractivity contribution in [3.63, 3.8) is 0 Å². The monoisotopic (exact) mass is 349 g/mol. The molecular formula is C12H8BrN5OS. The highest BCUT2D eigenvalue weighted by molar-refractivity contribution is 9.10. The molecule has 0 fully saturated rings. The lowest BCUT2D eigenvalue weighted by atomic mass is 10.1. The van der Waals surface area contributed by atoms with Gasteiger partial charge in [-0.2, -0.15) is 0 Å². The van der Waals surface area contributed by atoms with Gasteiger partial charge in [0.15, 0.2) is 5.69 Å². The van der Waals surface area contributed by atoms with E-state index in [1.54, 1.807) is 11.6 Å². The Labute approximate surface area is 125 Å². The summed E-state index contributed by atoms with van der Waals surface area (Å²) in [5, 5.41) is 15.6. The third-order valence-corrected chi connectivity index (χ3v) is 3.67. The lowest BCUT2D eigenvalue weighted by molar-refractivity contribution is 1.06. The Morgan fingerprint density at radius 2 is 2.15 bits per heavy atom. The van der Waals surface area contributed by atoms with Gasteiger partial charge in [-0.15, -0.1) is 21.6 Å². The minimum atomic E-state index is -0.319. The minimum absolute atomic E-state index is 0.235. The summed E-state index contributed by atoms with van der Waals surface area (Å²) in [6.45, 7) is 0. The first-order valence-corrected chi connectivity index (χ1v) is 7.29. The molecule has 2 aromatic heterocycles. The normalized spacial score (nSPS) is 11.2. The highest BCUT2D eigenvalue weighted by atomic mass is 79.9. The molecule has 8 heteroatoms. The van der Waals surface area contributed by atoms with Crippen molar-refractivity contribution < 1.29 is 0 Å². The largest absolute Gasteiger partial charge is 0.295 e. The number of hydrogen-bond acceptors (Lipinski definition) is 5. The number of azo groups is 1. The number of halogens is 1. The lowest BCUT2D eigenvalue weighted by Gasteiger charge is -1.99. The molecule has 1 aromatic carbocycles. The van der Waals surface area contributed by atoms with Gasteiger partial charge in [-0.3, -0.25) is 15.0 Å². The summed E-state index contributed by atoms with van der Waals surface area (Å²) in [6.07, 6.45) is 1.63. The first kappa shape index (κ1) is 12.9. The maximum absolute atomic E-state index is 11.8. The highest BCUT2D eigenvalue weighted by Gasteiger charge is 2.11. The third kappa shape index (κ3) is 2.61. The summed E-state index contributed by atoms with van der Waals surface area (Å²) in [5.41, 5.74) is 1.35. The molecule has 2 heterocycles. The van der Waals surface area contributed by atoms with Crippen LogP contribution < -0.4 is 5.56 Å². The van der Waals surface area contributed by atoms with Gasteiger partial charge in [0.2, 0.25) is 5.13 Å². The molecule has 2 N–H and O–H groups in total. The Morgan fingerprint density at radius 3 is 2.90 bits per heavy atom. The molecule has 0 bridgehead atoms. The number of H-pyrrole nitrogens is 2. The van der Waals surface area contributed by atoms with E-state index in [4.69, 9.17) is 0 Å². The zero-order chi connectivity index (χ0) is 13.9. The van der Waals surface area contributed by atoms with E-state index in [2.05, 4.69) is 41.3 Å². The predicted molar refractivity (Wildman–Crippen MR) is 80.8 cm³/mol. The van der Waals surface area contributed by atoms with Gasteiger partial charge in [-0.05, 0) is 12.1 Å². The van der Waals surface area contributed by atoms with Gasteiger partial charge >= 0.3 is 0 Å². The fourth-order valence-electron chi connectivity index (χ4n) is 1.66. The van der Waals surface area contributed by atoms with Gasteiger partial charge in [-0.25, -0.2) is 4.98 Å². The molecule has 0 saturated carbocycles. The van der Waals surface area contributed by atoms with Gasteiger partial charge in [0.1, 0.15) is 0 Å². The maximum atomic E-state index is 11.8. The van der Waals surface area contributed by atoms with Crippen molar-refractivity contribution in [2.24, 2.45) is 10.2 Å². The Morgan fingerprint density at radius 1 is 1.25 bits per heavy atom. The molecular weight excluding hydrogens is 342 g/mol. The quantitative estimate of drug-likeness (QED) is 0.700. The van der Waals surface area contributed by atoms with Crippen LogP contribution in [0.1, 0.15) is 0 Å². The molecule has 3 aromatic rings. The summed E-state index contributed by atoms with van der Waals surface area (Å²) in [4.78, 5) is 15.8. The van der Waals surface area contributed by atoms with Crippen LogP contribution in [0.3, 0.4) is 0 Å². The van der Waals surface area contributed by atoms with Gasteiger partial charge in [0.25, 0.3) is 5.56 Å². The summed E-state index contributed by atoms with van der Waals surface area (Å²) in [5.74, 6) is 0. The molecule has 100 valence electrons. The topological polar surface area (TPSA) is 86.3 Å². The Bertz CT molecular complexity index is 805. The van der Waals surface area contributed by atoms with Crippen molar-refractivity contribution in [1.82, 2.24) is 15.2 Å². The molecule has 0 aliphatic heterocycles. The molecule has 0 aliphatic rings. The van der Waals surface area contributed by atoms with Crippen LogP contribution >= 0.6 is 27.3 Å². The number of rotatable bonds is 3. The van der Waals surface area contributed by atoms with Crippen LogP contribution in [0.25, 0.3) is 11.3 Å². The van der Waals surface area contributed by atoms with Crippen molar-refractivity contribution in [2.45, 2.75) is 0 Å². The van der Waals surface area contributed by atoms with E-state index in [1.165, 1.54) is 11.3 Å². The highest BCUT2D eigenvalue weighted by Crippen LogP contribution is 2.28. The molecule has 20 heavy (non-hydrogen) atoms. The van der Waals surface area contributed by atoms with Gasteiger partial charge < -0.3 is 0 Å². The summed E-state index contributed by atoms with van der Waals surface area (Å²) in [7, 11) is 0. The van der Waals surface area contributed by atoms with E-state index in [0.29, 0.717) is 10.8 Å². The first-order valence-electron chi connectivity index (χ1n) is 5.62. The van der Waals surface area contributed by atoms with Crippen molar-refractivity contribution in [2.75, 3.05) is 0 Å². The van der Waals surface area contributed by atoms with Crippen LogP contribution in [0.15, 0.2) is 55.3 Å². The molecule has 3 rings (SSSR count). The standard InChI is InChI=1S/C12H8BrN5OS/c13-8-3-1-2-7(6-8)9-10(11(19)17-15-9)16-18-12-14-4-5-20-12/h1-6H,(H2,15,17,19). The zero-order valence-corrected chi connectivity index (χ0v) is 12.4. The van der Waals surface area contributed by atoms with Crippen LogP contribution in [-0.2, 0) is 0 Å². The number of benzene rings is 1. The van der Waals surface area contributed by atoms with Crippen molar-refractivity contribution >= 4 is 38.1 Å². The van der Waals surface area contributed by atoms with Crippen molar-refractivity contribution in [1.29, 1.82) is 0 Å². The van der Waals surface area contributed by atoms with Crippen LogP contribution in [0.5, 0.6) is 0 Å². The molecule has 0 aliphatic carbocycles. The van der Waals surface area contributed by atoms with E-state index in [1.807, 2.05) is 24.3 Å². The smallest absolute Gasteiger partial charge is 0.292 e.